The Morgan fingerprint density at radius 3 is 2.38 bits per heavy atom. The summed E-state index contributed by atoms with van der Waals surface area (Å²) in [4.78, 5) is 35.4. The zero-order chi connectivity index (χ0) is 12.5. The van der Waals surface area contributed by atoms with Crippen molar-refractivity contribution in [3.05, 3.63) is 0 Å². The van der Waals surface area contributed by atoms with Crippen molar-refractivity contribution < 1.29 is 19.1 Å². The molecule has 0 saturated carbocycles. The zero-order valence-corrected chi connectivity index (χ0v) is 10.1. The molecule has 0 spiro atoms. The fraction of sp³-hybridized carbons (Fsp3) is 0.727. The Balaban J connectivity index is 2.75. The lowest BCUT2D eigenvalue weighted by molar-refractivity contribution is -0.122. The maximum atomic E-state index is 11.7. The zero-order valence-electron chi connectivity index (χ0n) is 10.1. The summed E-state index contributed by atoms with van der Waals surface area (Å²) in [7, 11) is 0. The molecule has 0 bridgehead atoms. The molecule has 0 aliphatic carbocycles. The predicted molar refractivity (Wildman–Crippen MR) is 57.0 cm³/mol. The van der Waals surface area contributed by atoms with Gasteiger partial charge in [0.05, 0.1) is 6.54 Å². The second kappa shape index (κ2) is 4.23. The summed E-state index contributed by atoms with van der Waals surface area (Å²) in [5, 5.41) is 0. The normalized spacial score (nSPS) is 21.1. The second-order valence-corrected chi connectivity index (χ2v) is 4.98. The van der Waals surface area contributed by atoms with E-state index in [4.69, 9.17) is 4.74 Å². The molecule has 1 aliphatic heterocycles. The van der Waals surface area contributed by atoms with Crippen LogP contribution in [-0.2, 0) is 14.3 Å². The Morgan fingerprint density at radius 2 is 1.94 bits per heavy atom. The van der Waals surface area contributed by atoms with Crippen LogP contribution in [0.3, 0.4) is 0 Å². The molecule has 0 N–H and O–H groups in total. The predicted octanol–water partition coefficient (Wildman–Crippen LogP) is 1.15. The van der Waals surface area contributed by atoms with E-state index >= 15 is 0 Å². The van der Waals surface area contributed by atoms with E-state index in [9.17, 15) is 14.4 Å². The fourth-order valence-electron chi connectivity index (χ4n) is 1.57. The molecule has 1 aliphatic rings. The Kier molecular flexibility index (Phi) is 3.35. The summed E-state index contributed by atoms with van der Waals surface area (Å²) >= 11 is 0. The molecule has 0 aromatic rings. The highest BCUT2D eigenvalue weighted by molar-refractivity contribution is 5.97. The average molecular weight is 227 g/mol. The van der Waals surface area contributed by atoms with Crippen molar-refractivity contribution in [3.8, 4) is 0 Å². The standard InChI is InChI=1S/C11H17NO4/c1-7(13)9-5-8(14)6-12(9)10(15)16-11(2,3)4/h9H,5-6H2,1-4H3/t9-/m0/s1. The minimum absolute atomic E-state index is 0.0286. The number of ether oxygens (including phenoxy) is 1. The Bertz CT molecular complexity index is 329. The average Bonchev–Trinajstić information content (AvgIpc) is 2.44. The summed E-state index contributed by atoms with van der Waals surface area (Å²) in [5.74, 6) is -0.289. The third kappa shape index (κ3) is 3.05. The largest absolute Gasteiger partial charge is 0.444 e. The number of hydrogen-bond acceptors (Lipinski definition) is 4. The van der Waals surface area contributed by atoms with E-state index in [0.29, 0.717) is 0 Å². The number of Topliss-reactive ketones (excluding diaryl/α,β-unsaturated/α-hetero) is 2. The number of hydrogen-bond donors (Lipinski definition) is 0. The van der Waals surface area contributed by atoms with Crippen LogP contribution >= 0.6 is 0 Å². The molecule has 0 unspecified atom stereocenters. The smallest absolute Gasteiger partial charge is 0.411 e. The van der Waals surface area contributed by atoms with Crippen molar-refractivity contribution in [2.24, 2.45) is 0 Å². The van der Waals surface area contributed by atoms with E-state index < -0.39 is 17.7 Å². The molecule has 1 heterocycles. The van der Waals surface area contributed by atoms with Gasteiger partial charge in [-0.15, -0.1) is 0 Å². The highest BCUT2D eigenvalue weighted by Gasteiger charge is 2.38. The maximum Gasteiger partial charge on any atom is 0.411 e. The first-order valence-electron chi connectivity index (χ1n) is 5.22. The molecule has 0 aromatic carbocycles. The van der Waals surface area contributed by atoms with Gasteiger partial charge in [-0.25, -0.2) is 4.79 Å². The molecule has 16 heavy (non-hydrogen) atoms. The van der Waals surface area contributed by atoms with Crippen molar-refractivity contribution in [1.29, 1.82) is 0 Å². The first kappa shape index (κ1) is 12.7. The van der Waals surface area contributed by atoms with Crippen molar-refractivity contribution in [2.75, 3.05) is 6.54 Å². The van der Waals surface area contributed by atoms with Crippen LogP contribution in [0.25, 0.3) is 0 Å². The lowest BCUT2D eigenvalue weighted by Crippen LogP contribution is -2.42. The number of likely N-dealkylation sites (tertiary alicyclic amines) is 1. The monoisotopic (exact) mass is 227 g/mol. The van der Waals surface area contributed by atoms with E-state index in [2.05, 4.69) is 0 Å². The molecule has 0 radical (unpaired) electrons. The van der Waals surface area contributed by atoms with Gasteiger partial charge in [0.25, 0.3) is 0 Å². The number of carbonyl (C=O) groups is 3. The molecular weight excluding hydrogens is 210 g/mol. The molecule has 1 saturated heterocycles. The van der Waals surface area contributed by atoms with Gasteiger partial charge in [0, 0.05) is 6.42 Å². The molecule has 5 nitrogen and oxygen atoms in total. The van der Waals surface area contributed by atoms with E-state index in [1.807, 2.05) is 0 Å². The van der Waals surface area contributed by atoms with Crippen LogP contribution in [0.5, 0.6) is 0 Å². The molecule has 90 valence electrons. The van der Waals surface area contributed by atoms with Crippen LogP contribution < -0.4 is 0 Å². The fourth-order valence-corrected chi connectivity index (χ4v) is 1.57. The molecule has 0 aromatic heterocycles. The van der Waals surface area contributed by atoms with Crippen molar-refractivity contribution in [1.82, 2.24) is 4.90 Å². The van der Waals surface area contributed by atoms with Gasteiger partial charge in [0.2, 0.25) is 0 Å². The third-order valence-electron chi connectivity index (χ3n) is 2.24. The number of amides is 1. The maximum absolute atomic E-state index is 11.7. The second-order valence-electron chi connectivity index (χ2n) is 4.98. The van der Waals surface area contributed by atoms with E-state index in [1.165, 1.54) is 11.8 Å². The van der Waals surface area contributed by atoms with Gasteiger partial charge < -0.3 is 4.74 Å². The Morgan fingerprint density at radius 1 is 1.38 bits per heavy atom. The quantitative estimate of drug-likeness (QED) is 0.674. The van der Waals surface area contributed by atoms with Gasteiger partial charge in [-0.2, -0.15) is 0 Å². The van der Waals surface area contributed by atoms with Gasteiger partial charge in [-0.3, -0.25) is 14.5 Å². The lowest BCUT2D eigenvalue weighted by Gasteiger charge is -2.26. The SMILES string of the molecule is CC(=O)[C@@H]1CC(=O)CN1C(=O)OC(C)(C)C. The number of carbonyl (C=O) groups excluding carboxylic acids is 3. The molecular formula is C11H17NO4. The van der Waals surface area contributed by atoms with Gasteiger partial charge in [0.1, 0.15) is 11.6 Å². The summed E-state index contributed by atoms with van der Waals surface area (Å²) in [6.07, 6.45) is -0.493. The minimum Gasteiger partial charge on any atom is -0.444 e. The van der Waals surface area contributed by atoms with Gasteiger partial charge in [0.15, 0.2) is 11.6 Å². The van der Waals surface area contributed by atoms with Crippen molar-refractivity contribution in [3.63, 3.8) is 0 Å². The highest BCUT2D eigenvalue weighted by atomic mass is 16.6. The number of nitrogens with zero attached hydrogens (tertiary/aromatic N) is 1. The first-order valence-corrected chi connectivity index (χ1v) is 5.22. The van der Waals surface area contributed by atoms with Crippen LogP contribution in [-0.4, -0.2) is 40.7 Å². The van der Waals surface area contributed by atoms with Crippen LogP contribution in [0.1, 0.15) is 34.1 Å². The number of ketones is 2. The molecule has 1 amide bonds. The summed E-state index contributed by atoms with van der Waals surface area (Å²) in [5.41, 5.74) is -0.621. The van der Waals surface area contributed by atoms with Crippen LogP contribution in [0.4, 0.5) is 4.79 Å². The summed E-state index contributed by atoms with van der Waals surface area (Å²) < 4.78 is 5.13. The summed E-state index contributed by atoms with van der Waals surface area (Å²) in [6, 6.07) is -0.651. The summed E-state index contributed by atoms with van der Waals surface area (Å²) in [6.45, 7) is 6.57. The van der Waals surface area contributed by atoms with Gasteiger partial charge in [-0.1, -0.05) is 0 Å². The Labute approximate surface area is 94.7 Å². The van der Waals surface area contributed by atoms with Gasteiger partial charge >= 0.3 is 6.09 Å². The van der Waals surface area contributed by atoms with E-state index in [-0.39, 0.29) is 24.5 Å². The topological polar surface area (TPSA) is 63.7 Å². The van der Waals surface area contributed by atoms with Crippen LogP contribution in [0.2, 0.25) is 0 Å². The minimum atomic E-state index is -0.651. The van der Waals surface area contributed by atoms with Crippen LogP contribution in [0, 0.1) is 0 Å². The first-order chi connectivity index (χ1) is 7.20. The molecule has 1 atom stereocenters. The van der Waals surface area contributed by atoms with Gasteiger partial charge in [-0.05, 0) is 27.7 Å². The lowest BCUT2D eigenvalue weighted by atomic mass is 10.1. The van der Waals surface area contributed by atoms with E-state index in [0.717, 1.165) is 0 Å². The molecule has 1 fully saturated rings. The van der Waals surface area contributed by atoms with Crippen LogP contribution in [0.15, 0.2) is 0 Å². The van der Waals surface area contributed by atoms with Crippen molar-refractivity contribution >= 4 is 17.7 Å². The third-order valence-corrected chi connectivity index (χ3v) is 2.24. The number of rotatable bonds is 1. The van der Waals surface area contributed by atoms with E-state index in [1.54, 1.807) is 20.8 Å². The Hall–Kier alpha value is -1.39. The van der Waals surface area contributed by atoms with Crippen molar-refractivity contribution in [2.45, 2.75) is 45.8 Å². The highest BCUT2D eigenvalue weighted by Crippen LogP contribution is 2.19. The molecule has 5 heteroatoms. The molecule has 1 rings (SSSR count).